The van der Waals surface area contributed by atoms with Gasteiger partial charge in [-0.3, -0.25) is 14.2 Å². The summed E-state index contributed by atoms with van der Waals surface area (Å²) >= 11 is 0. The van der Waals surface area contributed by atoms with Gasteiger partial charge in [0.2, 0.25) is 0 Å². The number of aromatic nitrogens is 3. The largest absolute Gasteiger partial charge is 0.324 e. The summed E-state index contributed by atoms with van der Waals surface area (Å²) < 4.78 is 14.3. The summed E-state index contributed by atoms with van der Waals surface area (Å²) in [5.41, 5.74) is 6.20. The molecule has 0 aliphatic carbocycles. The molecule has 0 bridgehead atoms. The van der Waals surface area contributed by atoms with Crippen LogP contribution in [0.25, 0.3) is 5.69 Å². The quantitative estimate of drug-likeness (QED) is 0.749. The molecular weight excluding hydrogens is 325 g/mol. The molecule has 0 atom stereocenters. The lowest BCUT2D eigenvalue weighted by atomic mass is 10.2. The lowest BCUT2D eigenvalue weighted by Gasteiger charge is -2.09. The van der Waals surface area contributed by atoms with Crippen LogP contribution in [0.5, 0.6) is 0 Å². The molecule has 1 aromatic carbocycles. The zero-order valence-electron chi connectivity index (χ0n) is 13.0. The number of carbonyl (C=O) groups excluding carboxylic acids is 1. The van der Waals surface area contributed by atoms with Gasteiger partial charge in [-0.25, -0.2) is 14.4 Å². The molecule has 3 aromatic rings. The maximum Gasteiger partial charge on any atom is 0.257 e. The van der Waals surface area contributed by atoms with E-state index in [2.05, 4.69) is 15.3 Å². The Morgan fingerprint density at radius 3 is 2.44 bits per heavy atom. The number of hydrogen-bond donors (Lipinski definition) is 2. The number of nitrogens with one attached hydrogen (secondary N) is 1. The summed E-state index contributed by atoms with van der Waals surface area (Å²) in [5.74, 6) is -0.380. The molecule has 0 saturated carbocycles. The SMILES string of the molecule is NCc1ncc(NC(=O)c2ccc(=O)n(-c3ccc(F)cc3)c2)cn1. The van der Waals surface area contributed by atoms with Crippen LogP contribution in [0.1, 0.15) is 16.2 Å². The molecule has 2 heterocycles. The first kappa shape index (κ1) is 16.5. The summed E-state index contributed by atoms with van der Waals surface area (Å²) in [7, 11) is 0. The molecule has 2 aromatic heterocycles. The molecule has 25 heavy (non-hydrogen) atoms. The van der Waals surface area contributed by atoms with Crippen LogP contribution in [-0.4, -0.2) is 20.4 Å². The monoisotopic (exact) mass is 339 g/mol. The standard InChI is InChI=1S/C17H14FN5O2/c18-12-2-4-14(5-3-12)23-10-11(1-6-16(23)24)17(25)22-13-8-20-15(7-19)21-9-13/h1-6,8-10H,7,19H2,(H,22,25). The predicted molar refractivity (Wildman–Crippen MR) is 89.9 cm³/mol. The second kappa shape index (κ2) is 7.02. The van der Waals surface area contributed by atoms with Crippen LogP contribution in [0.4, 0.5) is 10.1 Å². The molecule has 7 nitrogen and oxygen atoms in total. The van der Waals surface area contributed by atoms with Crippen molar-refractivity contribution >= 4 is 11.6 Å². The van der Waals surface area contributed by atoms with Crippen LogP contribution in [0.2, 0.25) is 0 Å². The van der Waals surface area contributed by atoms with Gasteiger partial charge in [-0.15, -0.1) is 0 Å². The maximum absolute atomic E-state index is 13.0. The third kappa shape index (κ3) is 3.75. The summed E-state index contributed by atoms with van der Waals surface area (Å²) in [5, 5.41) is 2.64. The number of benzene rings is 1. The van der Waals surface area contributed by atoms with Gasteiger partial charge in [-0.2, -0.15) is 0 Å². The Morgan fingerprint density at radius 2 is 1.80 bits per heavy atom. The van der Waals surface area contributed by atoms with Gasteiger partial charge in [0.05, 0.1) is 30.2 Å². The second-order valence-electron chi connectivity index (χ2n) is 5.15. The minimum Gasteiger partial charge on any atom is -0.324 e. The molecule has 0 aliphatic heterocycles. The smallest absolute Gasteiger partial charge is 0.257 e. The van der Waals surface area contributed by atoms with E-state index in [9.17, 15) is 14.0 Å². The highest BCUT2D eigenvalue weighted by molar-refractivity contribution is 6.03. The number of halogens is 1. The number of rotatable bonds is 4. The van der Waals surface area contributed by atoms with E-state index in [1.165, 1.54) is 59.6 Å². The molecule has 0 unspecified atom stereocenters. The average Bonchev–Trinajstić information content (AvgIpc) is 2.63. The fourth-order valence-corrected chi connectivity index (χ4v) is 2.15. The minimum atomic E-state index is -0.431. The minimum absolute atomic E-state index is 0.205. The van der Waals surface area contributed by atoms with Crippen molar-refractivity contribution in [2.75, 3.05) is 5.32 Å². The van der Waals surface area contributed by atoms with Gasteiger partial charge in [-0.05, 0) is 30.3 Å². The number of carbonyl (C=O) groups is 1. The van der Waals surface area contributed by atoms with Gasteiger partial charge in [0.25, 0.3) is 11.5 Å². The lowest BCUT2D eigenvalue weighted by molar-refractivity contribution is 0.102. The van der Waals surface area contributed by atoms with E-state index in [0.717, 1.165) is 0 Å². The van der Waals surface area contributed by atoms with Gasteiger partial charge in [-0.1, -0.05) is 0 Å². The highest BCUT2D eigenvalue weighted by atomic mass is 19.1. The van der Waals surface area contributed by atoms with E-state index >= 15 is 0 Å². The Bertz CT molecular complexity index is 952. The average molecular weight is 339 g/mol. The summed E-state index contributed by atoms with van der Waals surface area (Å²) in [4.78, 5) is 32.3. The number of nitrogens with two attached hydrogens (primary N) is 1. The maximum atomic E-state index is 13.0. The van der Waals surface area contributed by atoms with Crippen LogP contribution in [0.15, 0.2) is 59.8 Å². The lowest BCUT2D eigenvalue weighted by Crippen LogP contribution is -2.21. The van der Waals surface area contributed by atoms with Crippen LogP contribution >= 0.6 is 0 Å². The van der Waals surface area contributed by atoms with Gasteiger partial charge >= 0.3 is 0 Å². The summed E-state index contributed by atoms with van der Waals surface area (Å²) in [6.07, 6.45) is 4.28. The van der Waals surface area contributed by atoms with E-state index < -0.39 is 11.7 Å². The van der Waals surface area contributed by atoms with Crippen molar-refractivity contribution in [3.8, 4) is 5.69 Å². The van der Waals surface area contributed by atoms with Crippen LogP contribution in [0, 0.1) is 5.82 Å². The Balaban J connectivity index is 1.86. The molecule has 0 aliphatic rings. The number of pyridine rings is 1. The first-order valence-electron chi connectivity index (χ1n) is 7.38. The zero-order chi connectivity index (χ0) is 17.8. The fourth-order valence-electron chi connectivity index (χ4n) is 2.15. The van der Waals surface area contributed by atoms with Crippen molar-refractivity contribution in [3.63, 3.8) is 0 Å². The van der Waals surface area contributed by atoms with Crippen LogP contribution in [-0.2, 0) is 6.54 Å². The topological polar surface area (TPSA) is 103 Å². The van der Waals surface area contributed by atoms with Gasteiger partial charge in [0.1, 0.15) is 11.6 Å². The molecule has 0 fully saturated rings. The molecule has 0 radical (unpaired) electrons. The van der Waals surface area contributed by atoms with Crippen molar-refractivity contribution < 1.29 is 9.18 Å². The van der Waals surface area contributed by atoms with Gasteiger partial charge < -0.3 is 11.1 Å². The third-order valence-corrected chi connectivity index (χ3v) is 3.42. The zero-order valence-corrected chi connectivity index (χ0v) is 13.0. The van der Waals surface area contributed by atoms with Crippen molar-refractivity contribution in [2.24, 2.45) is 5.73 Å². The summed E-state index contributed by atoms with van der Waals surface area (Å²) in [6.45, 7) is 0.205. The van der Waals surface area contributed by atoms with Crippen molar-refractivity contribution in [3.05, 3.63) is 82.5 Å². The first-order valence-corrected chi connectivity index (χ1v) is 7.38. The Kier molecular flexibility index (Phi) is 4.62. The summed E-state index contributed by atoms with van der Waals surface area (Å²) in [6, 6.07) is 8.07. The highest BCUT2D eigenvalue weighted by Crippen LogP contribution is 2.10. The van der Waals surface area contributed by atoms with Crippen LogP contribution < -0.4 is 16.6 Å². The fraction of sp³-hybridized carbons (Fsp3) is 0.0588. The Labute approximate surface area is 142 Å². The molecule has 0 saturated heterocycles. The number of nitrogens with zero attached hydrogens (tertiary/aromatic N) is 3. The van der Waals surface area contributed by atoms with Gasteiger partial charge in [0, 0.05) is 18.0 Å². The molecule has 0 spiro atoms. The molecule has 8 heteroatoms. The van der Waals surface area contributed by atoms with Crippen molar-refractivity contribution in [2.45, 2.75) is 6.54 Å². The van der Waals surface area contributed by atoms with Crippen molar-refractivity contribution in [1.29, 1.82) is 0 Å². The molecular formula is C17H14FN5O2. The first-order chi connectivity index (χ1) is 12.1. The van der Waals surface area contributed by atoms with Crippen molar-refractivity contribution in [1.82, 2.24) is 14.5 Å². The van der Waals surface area contributed by atoms with E-state index in [4.69, 9.17) is 5.73 Å². The Hall–Kier alpha value is -3.39. The normalized spacial score (nSPS) is 10.5. The Morgan fingerprint density at radius 1 is 1.12 bits per heavy atom. The number of anilines is 1. The second-order valence-corrected chi connectivity index (χ2v) is 5.15. The van der Waals surface area contributed by atoms with E-state index in [1.807, 2.05) is 0 Å². The molecule has 1 amide bonds. The number of amides is 1. The van der Waals surface area contributed by atoms with E-state index in [1.54, 1.807) is 0 Å². The predicted octanol–water partition coefficient (Wildman–Crippen LogP) is 1.48. The molecule has 3 N–H and O–H groups in total. The number of hydrogen-bond acceptors (Lipinski definition) is 5. The van der Waals surface area contributed by atoms with Crippen LogP contribution in [0.3, 0.4) is 0 Å². The molecule has 3 rings (SSSR count). The third-order valence-electron chi connectivity index (χ3n) is 3.42. The molecule has 126 valence electrons. The van der Waals surface area contributed by atoms with E-state index in [0.29, 0.717) is 17.2 Å². The van der Waals surface area contributed by atoms with Gasteiger partial charge in [0.15, 0.2) is 0 Å². The van der Waals surface area contributed by atoms with E-state index in [-0.39, 0.29) is 17.7 Å². The highest BCUT2D eigenvalue weighted by Gasteiger charge is 2.10.